The Hall–Kier alpha value is -3.19. The molecule has 2 heterocycles. The summed E-state index contributed by atoms with van der Waals surface area (Å²) in [7, 11) is 0. The second-order valence-electron chi connectivity index (χ2n) is 9.42. The summed E-state index contributed by atoms with van der Waals surface area (Å²) in [4.78, 5) is 29.8. The number of anilines is 1. The highest BCUT2D eigenvalue weighted by Crippen LogP contribution is 2.60. The van der Waals surface area contributed by atoms with E-state index in [9.17, 15) is 18.4 Å². The lowest BCUT2D eigenvalue weighted by molar-refractivity contribution is -0.123. The zero-order chi connectivity index (χ0) is 24.3. The Kier molecular flexibility index (Phi) is 5.28. The first-order chi connectivity index (χ1) is 16.1. The molecule has 1 fully saturated rings. The number of fused-ring (bicyclic) bond motifs is 2. The topological polar surface area (TPSA) is 40.6 Å². The molecular weight excluding hydrogens is 454 g/mol. The number of carbonyl (C=O) groups excluding carboxylic acids is 2. The van der Waals surface area contributed by atoms with Gasteiger partial charge in [0, 0.05) is 16.9 Å². The number of hydrogen-bond acceptors (Lipinski definition) is 3. The Balaban J connectivity index is 1.66. The van der Waals surface area contributed by atoms with Gasteiger partial charge in [-0.15, -0.1) is 11.8 Å². The molecule has 2 aliphatic heterocycles. The van der Waals surface area contributed by atoms with Crippen molar-refractivity contribution in [3.05, 3.63) is 101 Å². The molecule has 4 nitrogen and oxygen atoms in total. The zero-order valence-electron chi connectivity index (χ0n) is 19.1. The van der Waals surface area contributed by atoms with E-state index in [1.165, 1.54) is 47.0 Å². The van der Waals surface area contributed by atoms with E-state index in [-0.39, 0.29) is 30.4 Å². The van der Waals surface area contributed by atoms with Crippen molar-refractivity contribution in [1.29, 1.82) is 0 Å². The Morgan fingerprint density at radius 3 is 2.44 bits per heavy atom. The van der Waals surface area contributed by atoms with E-state index in [1.807, 2.05) is 39.0 Å². The van der Waals surface area contributed by atoms with Crippen molar-refractivity contribution in [2.24, 2.45) is 0 Å². The average molecular weight is 479 g/mol. The minimum absolute atomic E-state index is 0.0563. The zero-order valence-corrected chi connectivity index (χ0v) is 20.0. The summed E-state index contributed by atoms with van der Waals surface area (Å²) in [5, 5.41) is 0. The third-order valence-electron chi connectivity index (χ3n) is 6.29. The molecule has 34 heavy (non-hydrogen) atoms. The fourth-order valence-electron chi connectivity index (χ4n) is 4.83. The highest BCUT2D eigenvalue weighted by atomic mass is 32.2. The summed E-state index contributed by atoms with van der Waals surface area (Å²) >= 11 is 1.42. The molecule has 5 rings (SSSR count). The molecule has 0 aromatic heterocycles. The highest BCUT2D eigenvalue weighted by molar-refractivity contribution is 8.02. The molecule has 0 N–H and O–H groups in total. The van der Waals surface area contributed by atoms with Crippen LogP contribution in [-0.2, 0) is 16.2 Å². The van der Waals surface area contributed by atoms with E-state index in [0.717, 1.165) is 16.7 Å². The lowest BCUT2D eigenvalue weighted by atomic mass is 10.0. The van der Waals surface area contributed by atoms with Crippen LogP contribution < -0.4 is 4.90 Å². The van der Waals surface area contributed by atoms with Gasteiger partial charge < -0.3 is 9.80 Å². The number of halogens is 2. The molecule has 0 aliphatic carbocycles. The van der Waals surface area contributed by atoms with Crippen molar-refractivity contribution in [2.75, 3.05) is 11.4 Å². The van der Waals surface area contributed by atoms with Gasteiger partial charge in [0.25, 0.3) is 11.8 Å². The molecular formula is C27H24F2N2O2S. The summed E-state index contributed by atoms with van der Waals surface area (Å²) in [6.07, 6.45) is 0. The summed E-state index contributed by atoms with van der Waals surface area (Å²) in [5.41, 5.74) is 3.10. The predicted octanol–water partition coefficient (Wildman–Crippen LogP) is 5.64. The molecule has 7 heteroatoms. The fraction of sp³-hybridized carbons (Fsp3) is 0.259. The monoisotopic (exact) mass is 478 g/mol. The number of thioether (sulfide) groups is 1. The van der Waals surface area contributed by atoms with Gasteiger partial charge >= 0.3 is 0 Å². The lowest BCUT2D eigenvalue weighted by Crippen LogP contribution is -2.50. The molecule has 1 saturated heterocycles. The highest BCUT2D eigenvalue weighted by Gasteiger charge is 2.63. The summed E-state index contributed by atoms with van der Waals surface area (Å²) in [5.74, 6) is -1.73. The van der Waals surface area contributed by atoms with Crippen LogP contribution in [0.3, 0.4) is 0 Å². The maximum absolute atomic E-state index is 14.6. The molecule has 3 aromatic carbocycles. The second kappa shape index (κ2) is 7.94. The number of hydrogen-bond donors (Lipinski definition) is 0. The van der Waals surface area contributed by atoms with Crippen LogP contribution in [0.15, 0.2) is 66.7 Å². The van der Waals surface area contributed by atoms with Crippen LogP contribution in [-0.4, -0.2) is 28.0 Å². The molecule has 0 unspecified atom stereocenters. The Morgan fingerprint density at radius 1 is 1.03 bits per heavy atom. The molecule has 2 amide bonds. The largest absolute Gasteiger partial charge is 0.310 e. The Morgan fingerprint density at radius 2 is 1.74 bits per heavy atom. The number of aryl methyl sites for hydroxylation is 1. The molecule has 3 aromatic rings. The van der Waals surface area contributed by atoms with Crippen LogP contribution in [0.2, 0.25) is 0 Å². The number of benzene rings is 3. The van der Waals surface area contributed by atoms with Crippen LogP contribution >= 0.6 is 11.8 Å². The second-order valence-corrected chi connectivity index (χ2v) is 11.3. The number of rotatable bonds is 3. The molecule has 0 saturated carbocycles. The molecule has 2 aliphatic rings. The van der Waals surface area contributed by atoms with E-state index >= 15 is 0 Å². The van der Waals surface area contributed by atoms with E-state index in [1.54, 1.807) is 23.1 Å². The normalized spacial score (nSPS) is 20.8. The number of amides is 2. The van der Waals surface area contributed by atoms with Crippen molar-refractivity contribution in [3.63, 3.8) is 0 Å². The van der Waals surface area contributed by atoms with Crippen molar-refractivity contribution in [2.45, 2.75) is 36.9 Å². The van der Waals surface area contributed by atoms with Gasteiger partial charge in [-0.1, -0.05) is 42.0 Å². The summed E-state index contributed by atoms with van der Waals surface area (Å²) in [6.45, 7) is 6.43. The van der Waals surface area contributed by atoms with Crippen LogP contribution in [0, 0.1) is 18.6 Å². The first-order valence-corrected chi connectivity index (χ1v) is 11.9. The molecule has 0 bridgehead atoms. The smallest absolute Gasteiger partial charge is 0.268 e. The van der Waals surface area contributed by atoms with Gasteiger partial charge in [-0.3, -0.25) is 9.59 Å². The van der Waals surface area contributed by atoms with Crippen molar-refractivity contribution in [1.82, 2.24) is 4.90 Å². The summed E-state index contributed by atoms with van der Waals surface area (Å²) < 4.78 is 27.7. The van der Waals surface area contributed by atoms with E-state index in [2.05, 4.69) is 0 Å². The van der Waals surface area contributed by atoms with Crippen LogP contribution in [0.5, 0.6) is 0 Å². The third-order valence-corrected chi connectivity index (χ3v) is 7.88. The SMILES string of the molecule is Cc1ccc2c(c1)[C@]1(SC(C)(C)CN1C(=O)c1ccccc1F)C(=O)N2Cc1ccc(F)cc1. The molecule has 0 radical (unpaired) electrons. The fourth-order valence-corrected chi connectivity index (χ4v) is 6.55. The maximum Gasteiger partial charge on any atom is 0.268 e. The minimum atomic E-state index is -1.32. The third kappa shape index (κ3) is 3.50. The van der Waals surface area contributed by atoms with E-state index in [4.69, 9.17) is 0 Å². The predicted molar refractivity (Wildman–Crippen MR) is 130 cm³/mol. The van der Waals surface area contributed by atoms with Gasteiger partial charge in [-0.05, 0) is 56.7 Å². The van der Waals surface area contributed by atoms with Crippen molar-refractivity contribution >= 4 is 29.3 Å². The van der Waals surface area contributed by atoms with Gasteiger partial charge in [0.05, 0.1) is 17.8 Å². The quantitative estimate of drug-likeness (QED) is 0.489. The van der Waals surface area contributed by atoms with Crippen molar-refractivity contribution < 1.29 is 18.4 Å². The number of carbonyl (C=O) groups is 2. The van der Waals surface area contributed by atoms with E-state index < -0.39 is 21.3 Å². The Bertz CT molecular complexity index is 1310. The minimum Gasteiger partial charge on any atom is -0.310 e. The first kappa shape index (κ1) is 22.6. The van der Waals surface area contributed by atoms with Crippen molar-refractivity contribution in [3.8, 4) is 0 Å². The van der Waals surface area contributed by atoms with Crippen LogP contribution in [0.4, 0.5) is 14.5 Å². The van der Waals surface area contributed by atoms with Gasteiger partial charge in [-0.25, -0.2) is 8.78 Å². The van der Waals surface area contributed by atoms with E-state index in [0.29, 0.717) is 5.69 Å². The average Bonchev–Trinajstić information content (AvgIpc) is 3.21. The number of nitrogens with zero attached hydrogens (tertiary/aromatic N) is 2. The molecule has 174 valence electrons. The van der Waals surface area contributed by atoms with Gasteiger partial charge in [0.15, 0.2) is 4.87 Å². The van der Waals surface area contributed by atoms with Crippen LogP contribution in [0.25, 0.3) is 0 Å². The molecule has 1 spiro atoms. The van der Waals surface area contributed by atoms with Gasteiger partial charge in [0.1, 0.15) is 11.6 Å². The van der Waals surface area contributed by atoms with Crippen LogP contribution in [0.1, 0.15) is 40.9 Å². The first-order valence-electron chi connectivity index (χ1n) is 11.1. The van der Waals surface area contributed by atoms with Gasteiger partial charge in [0.2, 0.25) is 0 Å². The standard InChI is InChI=1S/C27H24F2N2O2S/c1-17-8-13-23-21(14-17)27(25(33)30(23)15-18-9-11-19(28)12-10-18)31(16-26(2,3)34-27)24(32)20-6-4-5-7-22(20)29/h4-14H,15-16H2,1-3H3/t27-/m0/s1. The molecule has 1 atom stereocenters. The summed E-state index contributed by atoms with van der Waals surface area (Å²) in [6, 6.07) is 17.6. The van der Waals surface area contributed by atoms with Gasteiger partial charge in [-0.2, -0.15) is 0 Å². The lowest BCUT2D eigenvalue weighted by Gasteiger charge is -2.33. The Labute approximate surface area is 201 Å². The maximum atomic E-state index is 14.6.